The summed E-state index contributed by atoms with van der Waals surface area (Å²) in [5.41, 5.74) is 7.02. The first-order valence-electron chi connectivity index (χ1n) is 13.2. The summed E-state index contributed by atoms with van der Waals surface area (Å²) < 4.78 is 20.7. The van der Waals surface area contributed by atoms with Crippen molar-refractivity contribution in [3.8, 4) is 11.1 Å². The number of aryl methyl sites for hydroxylation is 2. The fourth-order valence-electron chi connectivity index (χ4n) is 5.26. The van der Waals surface area contributed by atoms with Crippen molar-refractivity contribution in [1.29, 1.82) is 0 Å². The molecule has 3 nitrogen and oxygen atoms in total. The van der Waals surface area contributed by atoms with Crippen molar-refractivity contribution in [2.45, 2.75) is 52.7 Å². The molecule has 38 heavy (non-hydrogen) atoms. The van der Waals surface area contributed by atoms with Crippen molar-refractivity contribution in [1.82, 2.24) is 4.90 Å². The van der Waals surface area contributed by atoms with Crippen molar-refractivity contribution >= 4 is 5.97 Å². The molecule has 4 heteroatoms. The first-order valence-corrected chi connectivity index (χ1v) is 13.2. The maximum absolute atomic E-state index is 15.3. The van der Waals surface area contributed by atoms with Gasteiger partial charge < -0.3 is 4.74 Å². The van der Waals surface area contributed by atoms with Crippen LogP contribution in [0.5, 0.6) is 0 Å². The third-order valence-electron chi connectivity index (χ3n) is 7.13. The number of carbonyl (C=O) groups excluding carboxylic acids is 1. The highest BCUT2D eigenvalue weighted by Crippen LogP contribution is 2.38. The molecule has 0 aromatic heterocycles. The molecule has 0 saturated heterocycles. The number of hydrogen-bond donors (Lipinski definition) is 0. The molecule has 0 N–H and O–H groups in total. The highest BCUT2D eigenvalue weighted by atomic mass is 19.1. The first-order chi connectivity index (χ1) is 18.4. The molecule has 0 bridgehead atoms. The fourth-order valence-corrected chi connectivity index (χ4v) is 5.26. The predicted octanol–water partition coefficient (Wildman–Crippen LogP) is 8.37. The van der Waals surface area contributed by atoms with E-state index in [2.05, 4.69) is 36.1 Å². The quantitative estimate of drug-likeness (QED) is 0.201. The molecule has 0 aliphatic carbocycles. The van der Waals surface area contributed by atoms with E-state index in [0.29, 0.717) is 13.2 Å². The van der Waals surface area contributed by atoms with Gasteiger partial charge in [0.25, 0.3) is 0 Å². The van der Waals surface area contributed by atoms with Gasteiger partial charge in [-0.25, -0.2) is 4.39 Å². The molecular formula is C34H36FNO2. The Labute approximate surface area is 225 Å². The summed E-state index contributed by atoms with van der Waals surface area (Å²) >= 11 is 0. The predicted molar refractivity (Wildman–Crippen MR) is 152 cm³/mol. The van der Waals surface area contributed by atoms with Crippen LogP contribution in [0.15, 0.2) is 97.1 Å². The molecule has 4 aromatic rings. The van der Waals surface area contributed by atoms with Gasteiger partial charge in [-0.1, -0.05) is 78.9 Å². The molecule has 4 aromatic carbocycles. The van der Waals surface area contributed by atoms with Crippen LogP contribution in [0.2, 0.25) is 0 Å². The summed E-state index contributed by atoms with van der Waals surface area (Å²) in [4.78, 5) is 15.2. The summed E-state index contributed by atoms with van der Waals surface area (Å²) in [7, 11) is 0. The Hall–Kier alpha value is -3.76. The summed E-state index contributed by atoms with van der Waals surface area (Å²) in [6.07, 6.45) is 0.119. The average molecular weight is 510 g/mol. The van der Waals surface area contributed by atoms with E-state index in [-0.39, 0.29) is 24.2 Å². The molecule has 0 amide bonds. The third-order valence-corrected chi connectivity index (χ3v) is 7.13. The molecule has 0 heterocycles. The van der Waals surface area contributed by atoms with Crippen LogP contribution >= 0.6 is 0 Å². The Morgan fingerprint density at radius 1 is 0.842 bits per heavy atom. The number of ether oxygens (including phenoxy) is 1. The molecule has 0 saturated carbocycles. The Morgan fingerprint density at radius 3 is 2.11 bits per heavy atom. The van der Waals surface area contributed by atoms with Crippen molar-refractivity contribution in [3.63, 3.8) is 0 Å². The lowest BCUT2D eigenvalue weighted by Crippen LogP contribution is -2.33. The zero-order valence-electron chi connectivity index (χ0n) is 22.7. The molecule has 2 atom stereocenters. The molecule has 0 aliphatic rings. The van der Waals surface area contributed by atoms with Crippen LogP contribution in [0, 0.1) is 19.7 Å². The standard InChI is InChI=1S/C34H36FNO2/c1-5-38-33(37)22-32(29-19-30(21-31(35)20-29)34-24(2)13-12-14-25(34)3)36(23-27-15-8-6-9-16-27)26(4)28-17-10-7-11-18-28/h6-21,26,32H,5,22-23H2,1-4H3/t26-,32+/m1/s1. The van der Waals surface area contributed by atoms with Gasteiger partial charge in [0.2, 0.25) is 0 Å². The van der Waals surface area contributed by atoms with Gasteiger partial charge in [0.1, 0.15) is 5.82 Å². The minimum absolute atomic E-state index is 0.0391. The van der Waals surface area contributed by atoms with Gasteiger partial charge in [-0.15, -0.1) is 0 Å². The second kappa shape index (κ2) is 12.7. The first kappa shape index (κ1) is 27.3. The highest BCUT2D eigenvalue weighted by Gasteiger charge is 2.30. The number of rotatable bonds is 10. The molecule has 0 unspecified atom stereocenters. The van der Waals surface area contributed by atoms with Crippen molar-refractivity contribution < 1.29 is 13.9 Å². The summed E-state index contributed by atoms with van der Waals surface area (Å²) in [6.45, 7) is 8.93. The Bertz CT molecular complexity index is 1330. The minimum atomic E-state index is -0.400. The number of benzene rings is 4. The molecule has 196 valence electrons. The van der Waals surface area contributed by atoms with E-state index < -0.39 is 6.04 Å². The van der Waals surface area contributed by atoms with Crippen molar-refractivity contribution in [2.24, 2.45) is 0 Å². The smallest absolute Gasteiger partial charge is 0.307 e. The number of nitrogens with zero attached hydrogens (tertiary/aromatic N) is 1. The van der Waals surface area contributed by atoms with Crippen LogP contribution in [0.4, 0.5) is 4.39 Å². The summed E-state index contributed by atoms with van der Waals surface area (Å²) in [6, 6.07) is 31.3. The van der Waals surface area contributed by atoms with Gasteiger partial charge in [-0.3, -0.25) is 9.69 Å². The van der Waals surface area contributed by atoms with Gasteiger partial charge in [-0.05, 0) is 84.8 Å². The zero-order chi connectivity index (χ0) is 27.1. The number of hydrogen-bond acceptors (Lipinski definition) is 3. The largest absolute Gasteiger partial charge is 0.466 e. The van der Waals surface area contributed by atoms with Crippen LogP contribution in [-0.4, -0.2) is 17.5 Å². The van der Waals surface area contributed by atoms with E-state index in [9.17, 15) is 4.79 Å². The molecule has 0 spiro atoms. The monoisotopic (exact) mass is 509 g/mol. The highest BCUT2D eigenvalue weighted by molar-refractivity contribution is 5.73. The lowest BCUT2D eigenvalue weighted by molar-refractivity contribution is -0.145. The van der Waals surface area contributed by atoms with Crippen LogP contribution in [0.3, 0.4) is 0 Å². The van der Waals surface area contributed by atoms with Crippen molar-refractivity contribution in [2.75, 3.05) is 6.61 Å². The lowest BCUT2D eigenvalue weighted by atomic mass is 9.91. The van der Waals surface area contributed by atoms with E-state index >= 15 is 4.39 Å². The van der Waals surface area contributed by atoms with Crippen LogP contribution in [0.1, 0.15) is 60.2 Å². The van der Waals surface area contributed by atoms with E-state index in [4.69, 9.17) is 4.74 Å². The van der Waals surface area contributed by atoms with Gasteiger partial charge in [0, 0.05) is 18.6 Å². The third kappa shape index (κ3) is 6.56. The van der Waals surface area contributed by atoms with Gasteiger partial charge in [0.15, 0.2) is 0 Å². The zero-order valence-corrected chi connectivity index (χ0v) is 22.7. The second-order valence-electron chi connectivity index (χ2n) is 9.81. The fraction of sp³-hybridized carbons (Fsp3) is 0.265. The maximum Gasteiger partial charge on any atom is 0.307 e. The second-order valence-corrected chi connectivity index (χ2v) is 9.81. The van der Waals surface area contributed by atoms with E-state index in [1.165, 1.54) is 0 Å². The molecule has 4 rings (SSSR count). The lowest BCUT2D eigenvalue weighted by Gasteiger charge is -2.37. The summed E-state index contributed by atoms with van der Waals surface area (Å²) in [5, 5.41) is 0. The van der Waals surface area contributed by atoms with Crippen molar-refractivity contribution in [3.05, 3.63) is 131 Å². The molecule has 0 aliphatic heterocycles. The molecular weight excluding hydrogens is 473 g/mol. The number of esters is 1. The van der Waals surface area contributed by atoms with Gasteiger partial charge in [-0.2, -0.15) is 0 Å². The van der Waals surface area contributed by atoms with E-state index in [1.807, 2.05) is 81.4 Å². The average Bonchev–Trinajstić information content (AvgIpc) is 2.91. The Kier molecular flexibility index (Phi) is 9.09. The normalized spacial score (nSPS) is 12.8. The van der Waals surface area contributed by atoms with Gasteiger partial charge >= 0.3 is 5.97 Å². The minimum Gasteiger partial charge on any atom is -0.466 e. The van der Waals surface area contributed by atoms with E-state index in [1.54, 1.807) is 12.1 Å². The van der Waals surface area contributed by atoms with Crippen LogP contribution in [0.25, 0.3) is 11.1 Å². The topological polar surface area (TPSA) is 29.5 Å². The van der Waals surface area contributed by atoms with Crippen LogP contribution in [-0.2, 0) is 16.1 Å². The molecule has 0 radical (unpaired) electrons. The van der Waals surface area contributed by atoms with Gasteiger partial charge in [0.05, 0.1) is 13.0 Å². The SMILES string of the molecule is CCOC(=O)C[C@@H](c1cc(F)cc(-c2c(C)cccc2C)c1)N(Cc1ccccc1)[C@H](C)c1ccccc1. The number of halogens is 1. The summed E-state index contributed by atoms with van der Waals surface area (Å²) in [5.74, 6) is -0.616. The molecule has 0 fully saturated rings. The van der Waals surface area contributed by atoms with E-state index in [0.717, 1.165) is 38.9 Å². The Morgan fingerprint density at radius 2 is 1.47 bits per heavy atom. The Balaban J connectivity index is 1.86. The van der Waals surface area contributed by atoms with Crippen LogP contribution < -0.4 is 0 Å². The number of carbonyl (C=O) groups is 1. The maximum atomic E-state index is 15.3.